The summed E-state index contributed by atoms with van der Waals surface area (Å²) in [6.45, 7) is 7.73. The van der Waals surface area contributed by atoms with Crippen molar-refractivity contribution in [3.63, 3.8) is 0 Å². The highest BCUT2D eigenvalue weighted by atomic mass is 16.2. The van der Waals surface area contributed by atoms with Gasteiger partial charge in [-0.2, -0.15) is 0 Å². The van der Waals surface area contributed by atoms with E-state index in [1.54, 1.807) is 6.20 Å². The standard InChI is InChI=1S/C16H25N3O/c1-13(2)19(12-14-7-6-9-17-11-14)15(20)16(3)8-4-5-10-18-16/h6-7,9,11,13,18H,4-5,8,10,12H2,1-3H3. The molecule has 0 bridgehead atoms. The molecule has 1 atom stereocenters. The van der Waals surface area contributed by atoms with Gasteiger partial charge < -0.3 is 10.2 Å². The first kappa shape index (κ1) is 15.0. The van der Waals surface area contributed by atoms with Crippen LogP contribution in [0, 0.1) is 0 Å². The lowest BCUT2D eigenvalue weighted by Crippen LogP contribution is -2.59. The Kier molecular flexibility index (Phi) is 4.76. The van der Waals surface area contributed by atoms with Crippen LogP contribution in [0.25, 0.3) is 0 Å². The molecule has 2 rings (SSSR count). The lowest BCUT2D eigenvalue weighted by molar-refractivity contribution is -0.141. The molecule has 1 N–H and O–H groups in total. The van der Waals surface area contributed by atoms with Gasteiger partial charge >= 0.3 is 0 Å². The van der Waals surface area contributed by atoms with Crippen molar-refractivity contribution in [1.82, 2.24) is 15.2 Å². The second-order valence-corrected chi connectivity index (χ2v) is 6.10. The average Bonchev–Trinajstić information content (AvgIpc) is 2.45. The molecule has 1 aliphatic heterocycles. The molecule has 110 valence electrons. The zero-order chi connectivity index (χ0) is 14.6. The Morgan fingerprint density at radius 2 is 2.30 bits per heavy atom. The van der Waals surface area contributed by atoms with Gasteiger partial charge in [-0.1, -0.05) is 6.07 Å². The van der Waals surface area contributed by atoms with E-state index in [2.05, 4.69) is 24.1 Å². The molecule has 20 heavy (non-hydrogen) atoms. The van der Waals surface area contributed by atoms with Crippen LogP contribution in [0.4, 0.5) is 0 Å². The molecular formula is C16H25N3O. The third-order valence-corrected chi connectivity index (χ3v) is 4.05. The van der Waals surface area contributed by atoms with Gasteiger partial charge in [0, 0.05) is 25.0 Å². The maximum absolute atomic E-state index is 12.9. The quantitative estimate of drug-likeness (QED) is 0.917. The van der Waals surface area contributed by atoms with Crippen LogP contribution in [0.15, 0.2) is 24.5 Å². The molecule has 0 spiro atoms. The van der Waals surface area contributed by atoms with Gasteiger partial charge in [-0.25, -0.2) is 0 Å². The van der Waals surface area contributed by atoms with E-state index in [0.717, 1.165) is 31.4 Å². The minimum atomic E-state index is -0.412. The number of rotatable bonds is 4. The molecule has 1 amide bonds. The minimum Gasteiger partial charge on any atom is -0.334 e. The Morgan fingerprint density at radius 1 is 1.50 bits per heavy atom. The third-order valence-electron chi connectivity index (χ3n) is 4.05. The molecule has 0 saturated carbocycles. The first-order valence-corrected chi connectivity index (χ1v) is 7.48. The summed E-state index contributed by atoms with van der Waals surface area (Å²) < 4.78 is 0. The van der Waals surface area contributed by atoms with Crippen molar-refractivity contribution in [3.05, 3.63) is 30.1 Å². The number of carbonyl (C=O) groups is 1. The van der Waals surface area contributed by atoms with Gasteiger partial charge in [0.15, 0.2) is 0 Å². The highest BCUT2D eigenvalue weighted by molar-refractivity contribution is 5.86. The van der Waals surface area contributed by atoms with Crippen LogP contribution >= 0.6 is 0 Å². The summed E-state index contributed by atoms with van der Waals surface area (Å²) in [5.74, 6) is 0.205. The smallest absolute Gasteiger partial charge is 0.243 e. The van der Waals surface area contributed by atoms with Crippen LogP contribution in [0.2, 0.25) is 0 Å². The fourth-order valence-electron chi connectivity index (χ4n) is 2.73. The fraction of sp³-hybridized carbons (Fsp3) is 0.625. The number of aromatic nitrogens is 1. The van der Waals surface area contributed by atoms with Crippen molar-refractivity contribution in [1.29, 1.82) is 0 Å². The second kappa shape index (κ2) is 6.35. The number of amides is 1. The predicted octanol–water partition coefficient (Wildman–Crippen LogP) is 2.35. The van der Waals surface area contributed by atoms with E-state index in [9.17, 15) is 4.79 Å². The predicted molar refractivity (Wildman–Crippen MR) is 80.2 cm³/mol. The summed E-state index contributed by atoms with van der Waals surface area (Å²) in [6, 6.07) is 4.12. The molecule has 1 saturated heterocycles. The Bertz CT molecular complexity index is 438. The highest BCUT2D eigenvalue weighted by Gasteiger charge is 2.38. The van der Waals surface area contributed by atoms with Gasteiger partial charge in [-0.05, 0) is 58.2 Å². The highest BCUT2D eigenvalue weighted by Crippen LogP contribution is 2.23. The SMILES string of the molecule is CC(C)N(Cc1cccnc1)C(=O)C1(C)CCCCN1. The molecule has 4 nitrogen and oxygen atoms in total. The molecule has 1 aromatic heterocycles. The normalized spacial score (nSPS) is 22.8. The first-order valence-electron chi connectivity index (χ1n) is 7.48. The largest absolute Gasteiger partial charge is 0.334 e. The number of nitrogens with one attached hydrogen (secondary N) is 1. The molecule has 2 heterocycles. The van der Waals surface area contributed by atoms with Crippen LogP contribution < -0.4 is 5.32 Å². The number of hydrogen-bond donors (Lipinski definition) is 1. The second-order valence-electron chi connectivity index (χ2n) is 6.10. The molecule has 1 fully saturated rings. The van der Waals surface area contributed by atoms with E-state index >= 15 is 0 Å². The molecule has 0 aromatic carbocycles. The molecule has 1 aliphatic rings. The molecule has 1 aromatic rings. The Hall–Kier alpha value is -1.42. The van der Waals surface area contributed by atoms with Gasteiger partial charge in [-0.3, -0.25) is 9.78 Å². The zero-order valence-corrected chi connectivity index (χ0v) is 12.7. The number of hydrogen-bond acceptors (Lipinski definition) is 3. The summed E-state index contributed by atoms with van der Waals surface area (Å²) in [5, 5.41) is 3.41. The topological polar surface area (TPSA) is 45.2 Å². The third kappa shape index (κ3) is 3.37. The van der Waals surface area contributed by atoms with Crippen molar-refractivity contribution in [2.75, 3.05) is 6.54 Å². The van der Waals surface area contributed by atoms with E-state index in [1.165, 1.54) is 0 Å². The lowest BCUT2D eigenvalue weighted by Gasteiger charge is -2.39. The molecule has 1 unspecified atom stereocenters. The zero-order valence-electron chi connectivity index (χ0n) is 12.7. The summed E-state index contributed by atoms with van der Waals surface area (Å²) >= 11 is 0. The summed E-state index contributed by atoms with van der Waals surface area (Å²) in [7, 11) is 0. The summed E-state index contributed by atoms with van der Waals surface area (Å²) in [6.07, 6.45) is 6.79. The maximum atomic E-state index is 12.9. The van der Waals surface area contributed by atoms with E-state index in [1.807, 2.05) is 30.2 Å². The van der Waals surface area contributed by atoms with Gasteiger partial charge in [0.05, 0.1) is 5.54 Å². The summed E-state index contributed by atoms with van der Waals surface area (Å²) in [4.78, 5) is 19.0. The van der Waals surface area contributed by atoms with Crippen LogP contribution in [0.3, 0.4) is 0 Å². The van der Waals surface area contributed by atoms with Gasteiger partial charge in [0.25, 0.3) is 0 Å². The first-order chi connectivity index (χ1) is 9.53. The number of carbonyl (C=O) groups excluding carboxylic acids is 1. The van der Waals surface area contributed by atoms with Gasteiger partial charge in [0.1, 0.15) is 0 Å². The molecule has 4 heteroatoms. The number of piperidine rings is 1. The lowest BCUT2D eigenvalue weighted by atomic mass is 9.89. The minimum absolute atomic E-state index is 0.184. The number of pyridine rings is 1. The average molecular weight is 275 g/mol. The molecule has 0 aliphatic carbocycles. The van der Waals surface area contributed by atoms with Gasteiger partial charge in [0.2, 0.25) is 5.91 Å². The van der Waals surface area contributed by atoms with Crippen molar-refractivity contribution in [2.45, 2.75) is 58.2 Å². The van der Waals surface area contributed by atoms with Crippen LogP contribution in [0.1, 0.15) is 45.6 Å². The van der Waals surface area contributed by atoms with Crippen molar-refractivity contribution >= 4 is 5.91 Å². The monoisotopic (exact) mass is 275 g/mol. The van der Waals surface area contributed by atoms with Crippen molar-refractivity contribution < 1.29 is 4.79 Å². The van der Waals surface area contributed by atoms with Crippen LogP contribution in [0.5, 0.6) is 0 Å². The van der Waals surface area contributed by atoms with E-state index in [-0.39, 0.29) is 11.9 Å². The van der Waals surface area contributed by atoms with Gasteiger partial charge in [-0.15, -0.1) is 0 Å². The Morgan fingerprint density at radius 3 is 2.85 bits per heavy atom. The van der Waals surface area contributed by atoms with Crippen molar-refractivity contribution in [2.24, 2.45) is 0 Å². The van der Waals surface area contributed by atoms with Crippen molar-refractivity contribution in [3.8, 4) is 0 Å². The maximum Gasteiger partial charge on any atom is 0.243 e. The van der Waals surface area contributed by atoms with Crippen LogP contribution in [-0.2, 0) is 11.3 Å². The molecular weight excluding hydrogens is 250 g/mol. The molecule has 0 radical (unpaired) electrons. The Labute approximate surface area is 121 Å². The fourth-order valence-corrected chi connectivity index (χ4v) is 2.73. The van der Waals surface area contributed by atoms with E-state index < -0.39 is 5.54 Å². The van der Waals surface area contributed by atoms with Crippen LogP contribution in [-0.4, -0.2) is 33.9 Å². The summed E-state index contributed by atoms with van der Waals surface area (Å²) in [5.41, 5.74) is 0.666. The van der Waals surface area contributed by atoms with E-state index in [4.69, 9.17) is 0 Å². The number of nitrogens with zero attached hydrogens (tertiary/aromatic N) is 2. The van der Waals surface area contributed by atoms with E-state index in [0.29, 0.717) is 6.54 Å². The Balaban J connectivity index is 2.13.